The molecule has 12 heteroatoms. The zero-order valence-electron chi connectivity index (χ0n) is 17.3. The van der Waals surface area contributed by atoms with E-state index in [0.717, 1.165) is 46.7 Å². The number of aromatic nitrogens is 6. The highest BCUT2D eigenvalue weighted by atomic mass is 35.5. The molecular formula is C21H18Cl2N8OS. The summed E-state index contributed by atoms with van der Waals surface area (Å²) in [5.41, 5.74) is 4.36. The number of anilines is 2. The first kappa shape index (κ1) is 20.7. The number of benzene rings is 1. The lowest BCUT2D eigenvalue weighted by Gasteiger charge is -2.27. The second kappa shape index (κ2) is 8.45. The summed E-state index contributed by atoms with van der Waals surface area (Å²) in [6.45, 7) is 3.19. The summed E-state index contributed by atoms with van der Waals surface area (Å²) in [5, 5.41) is 13.0. The Bertz CT molecular complexity index is 1400. The van der Waals surface area contributed by atoms with Gasteiger partial charge in [0.25, 0.3) is 0 Å². The maximum absolute atomic E-state index is 6.13. The zero-order valence-corrected chi connectivity index (χ0v) is 19.6. The van der Waals surface area contributed by atoms with Gasteiger partial charge >= 0.3 is 0 Å². The van der Waals surface area contributed by atoms with Gasteiger partial charge < -0.3 is 19.9 Å². The lowest BCUT2D eigenvalue weighted by molar-refractivity contribution is 0.122. The molecule has 33 heavy (non-hydrogen) atoms. The molecule has 4 aromatic heterocycles. The molecule has 0 saturated carbocycles. The number of halogens is 2. The van der Waals surface area contributed by atoms with Crippen LogP contribution in [0.5, 0.6) is 0 Å². The van der Waals surface area contributed by atoms with Crippen molar-refractivity contribution in [1.82, 2.24) is 29.5 Å². The van der Waals surface area contributed by atoms with Crippen molar-refractivity contribution < 1.29 is 4.74 Å². The van der Waals surface area contributed by atoms with Crippen LogP contribution in [0, 0.1) is 0 Å². The average Bonchev–Trinajstić information content (AvgIpc) is 3.58. The molecular weight excluding hydrogens is 483 g/mol. The van der Waals surface area contributed by atoms with Crippen molar-refractivity contribution in [1.29, 1.82) is 0 Å². The summed E-state index contributed by atoms with van der Waals surface area (Å²) < 4.78 is 7.23. The SMILES string of the molecule is Clc1cc2nc(CNc3nc(N4CCOCC4)nc4c(-c5ccsc5)cnn34)[nH]c2cc1Cl. The van der Waals surface area contributed by atoms with Gasteiger partial charge in [0.15, 0.2) is 5.65 Å². The highest BCUT2D eigenvalue weighted by Gasteiger charge is 2.20. The maximum Gasteiger partial charge on any atom is 0.230 e. The summed E-state index contributed by atoms with van der Waals surface area (Å²) >= 11 is 13.9. The molecule has 1 aromatic carbocycles. The van der Waals surface area contributed by atoms with Crippen LogP contribution in [0.3, 0.4) is 0 Å². The number of morpholine rings is 1. The Labute approximate surface area is 202 Å². The fourth-order valence-corrected chi connectivity index (χ4v) is 4.79. The molecule has 5 heterocycles. The molecule has 6 rings (SSSR count). The van der Waals surface area contributed by atoms with Crippen molar-refractivity contribution in [3.05, 3.63) is 51.0 Å². The molecule has 0 amide bonds. The van der Waals surface area contributed by atoms with Crippen LogP contribution in [0.4, 0.5) is 11.9 Å². The smallest absolute Gasteiger partial charge is 0.230 e. The number of H-pyrrole nitrogens is 1. The third-order valence-corrected chi connectivity index (χ3v) is 6.87. The zero-order chi connectivity index (χ0) is 22.4. The Kier molecular flexibility index (Phi) is 5.30. The third kappa shape index (κ3) is 3.89. The number of hydrogen-bond acceptors (Lipinski definition) is 8. The number of imidazole rings is 1. The Morgan fingerprint density at radius 2 is 1.97 bits per heavy atom. The summed E-state index contributed by atoms with van der Waals surface area (Å²) in [6, 6.07) is 5.59. The highest BCUT2D eigenvalue weighted by molar-refractivity contribution is 7.08. The van der Waals surface area contributed by atoms with Crippen LogP contribution in [0.15, 0.2) is 35.2 Å². The molecule has 2 N–H and O–H groups in total. The second-order valence-electron chi connectivity index (χ2n) is 7.57. The van der Waals surface area contributed by atoms with Gasteiger partial charge in [-0.25, -0.2) is 4.98 Å². The van der Waals surface area contributed by atoms with Crippen molar-refractivity contribution in [2.45, 2.75) is 6.54 Å². The van der Waals surface area contributed by atoms with E-state index < -0.39 is 0 Å². The molecule has 0 unspecified atom stereocenters. The number of nitrogens with zero attached hydrogens (tertiary/aromatic N) is 6. The molecule has 0 spiro atoms. The molecule has 1 aliphatic heterocycles. The summed E-state index contributed by atoms with van der Waals surface area (Å²) in [7, 11) is 0. The van der Waals surface area contributed by atoms with Crippen LogP contribution in [0.1, 0.15) is 5.82 Å². The summed E-state index contributed by atoms with van der Waals surface area (Å²) in [5.74, 6) is 1.96. The topological polar surface area (TPSA) is 96.3 Å². The predicted molar refractivity (Wildman–Crippen MR) is 131 cm³/mol. The largest absolute Gasteiger partial charge is 0.378 e. The quantitative estimate of drug-likeness (QED) is 0.367. The summed E-state index contributed by atoms with van der Waals surface area (Å²) in [6.07, 6.45) is 1.82. The van der Waals surface area contributed by atoms with E-state index in [9.17, 15) is 0 Å². The number of rotatable bonds is 5. The van der Waals surface area contributed by atoms with E-state index in [4.69, 9.17) is 37.9 Å². The molecule has 168 valence electrons. The normalized spacial score (nSPS) is 14.4. The number of aromatic amines is 1. The van der Waals surface area contributed by atoms with E-state index in [2.05, 4.69) is 36.7 Å². The molecule has 1 fully saturated rings. The van der Waals surface area contributed by atoms with Gasteiger partial charge in [-0.05, 0) is 34.5 Å². The van der Waals surface area contributed by atoms with Gasteiger partial charge in [-0.1, -0.05) is 23.2 Å². The predicted octanol–water partition coefficient (Wildman–Crippen LogP) is 4.48. The summed E-state index contributed by atoms with van der Waals surface area (Å²) in [4.78, 5) is 19.6. The number of fused-ring (bicyclic) bond motifs is 2. The van der Waals surface area contributed by atoms with E-state index in [0.29, 0.717) is 41.7 Å². The van der Waals surface area contributed by atoms with Gasteiger partial charge in [-0.3, -0.25) is 0 Å². The van der Waals surface area contributed by atoms with Crippen molar-refractivity contribution in [3.8, 4) is 11.1 Å². The third-order valence-electron chi connectivity index (χ3n) is 5.47. The van der Waals surface area contributed by atoms with Gasteiger partial charge in [-0.15, -0.1) is 0 Å². The lowest BCUT2D eigenvalue weighted by Crippen LogP contribution is -2.37. The van der Waals surface area contributed by atoms with E-state index in [1.807, 2.05) is 11.6 Å². The number of thiophene rings is 1. The Balaban J connectivity index is 1.38. The van der Waals surface area contributed by atoms with Crippen molar-refractivity contribution in [2.75, 3.05) is 36.5 Å². The average molecular weight is 501 g/mol. The van der Waals surface area contributed by atoms with E-state index in [1.165, 1.54) is 0 Å². The van der Waals surface area contributed by atoms with Gasteiger partial charge in [0.1, 0.15) is 5.82 Å². The van der Waals surface area contributed by atoms with E-state index >= 15 is 0 Å². The number of ether oxygens (including phenoxy) is 1. The Morgan fingerprint density at radius 3 is 2.79 bits per heavy atom. The van der Waals surface area contributed by atoms with Crippen LogP contribution >= 0.6 is 34.5 Å². The first-order valence-corrected chi connectivity index (χ1v) is 12.0. The van der Waals surface area contributed by atoms with Gasteiger partial charge in [0.2, 0.25) is 11.9 Å². The second-order valence-corrected chi connectivity index (χ2v) is 9.17. The molecule has 0 radical (unpaired) electrons. The van der Waals surface area contributed by atoms with Crippen LogP contribution in [-0.2, 0) is 11.3 Å². The molecule has 5 aromatic rings. The molecule has 1 saturated heterocycles. The molecule has 0 aliphatic carbocycles. The first-order chi connectivity index (χ1) is 16.2. The fraction of sp³-hybridized carbons (Fsp3) is 0.238. The molecule has 0 bridgehead atoms. The Morgan fingerprint density at radius 1 is 1.12 bits per heavy atom. The molecule has 9 nitrogen and oxygen atoms in total. The van der Waals surface area contributed by atoms with Gasteiger partial charge in [-0.2, -0.15) is 30.9 Å². The number of nitrogens with one attached hydrogen (secondary N) is 2. The van der Waals surface area contributed by atoms with Crippen molar-refractivity contribution in [3.63, 3.8) is 0 Å². The van der Waals surface area contributed by atoms with E-state index in [-0.39, 0.29) is 0 Å². The van der Waals surface area contributed by atoms with Crippen LogP contribution in [-0.4, -0.2) is 55.9 Å². The van der Waals surface area contributed by atoms with Gasteiger partial charge in [0.05, 0.1) is 47.0 Å². The molecule has 0 atom stereocenters. The maximum atomic E-state index is 6.13. The lowest BCUT2D eigenvalue weighted by atomic mass is 10.2. The van der Waals surface area contributed by atoms with Crippen LogP contribution < -0.4 is 10.2 Å². The van der Waals surface area contributed by atoms with Crippen LogP contribution in [0.25, 0.3) is 27.8 Å². The highest BCUT2D eigenvalue weighted by Crippen LogP contribution is 2.29. The standard InChI is InChI=1S/C21H18Cl2N8OS/c22-14-7-16-17(8-15(14)23)27-18(26-16)10-24-20-29-21(30-2-4-32-5-3-30)28-19-13(9-25-31(19)20)12-1-6-33-11-12/h1,6-9,11H,2-5,10H2,(H,26,27)(H,24,28,29). The van der Waals surface area contributed by atoms with E-state index in [1.54, 1.807) is 28.0 Å². The number of hydrogen-bond donors (Lipinski definition) is 2. The molecule has 1 aliphatic rings. The Hall–Kier alpha value is -2.92. The minimum atomic E-state index is 0.409. The first-order valence-electron chi connectivity index (χ1n) is 10.3. The van der Waals surface area contributed by atoms with Gasteiger partial charge in [0, 0.05) is 18.7 Å². The van der Waals surface area contributed by atoms with Crippen molar-refractivity contribution >= 4 is 63.1 Å². The van der Waals surface area contributed by atoms with Crippen LogP contribution in [0.2, 0.25) is 10.0 Å². The minimum absolute atomic E-state index is 0.409. The van der Waals surface area contributed by atoms with Crippen molar-refractivity contribution in [2.24, 2.45) is 0 Å². The fourth-order valence-electron chi connectivity index (χ4n) is 3.81. The monoisotopic (exact) mass is 500 g/mol. The minimum Gasteiger partial charge on any atom is -0.378 e.